The molecule has 1 amide bonds. The van der Waals surface area contributed by atoms with Gasteiger partial charge in [-0.3, -0.25) is 9.48 Å². The number of amides is 1. The van der Waals surface area contributed by atoms with Crippen LogP contribution in [0, 0.1) is 27.7 Å². The van der Waals surface area contributed by atoms with E-state index in [1.165, 1.54) is 5.56 Å². The van der Waals surface area contributed by atoms with Gasteiger partial charge in [-0.1, -0.05) is 17.7 Å². The molecule has 1 N–H and O–H groups in total. The number of hydrogen-bond donors (Lipinski definition) is 1. The SMILES string of the molecule is Cc1ccc(-n2cc(NC(=O)Cc3c(C)nn(C)c3C)cn2)c(C)c1. The molecule has 3 aromatic rings. The normalized spacial score (nSPS) is 10.9. The Bertz CT molecular complexity index is 935. The van der Waals surface area contributed by atoms with Crippen LogP contribution in [0.2, 0.25) is 0 Å². The highest BCUT2D eigenvalue weighted by Gasteiger charge is 2.14. The lowest BCUT2D eigenvalue weighted by Crippen LogP contribution is -2.15. The Labute approximate surface area is 147 Å². The Balaban J connectivity index is 1.74. The Morgan fingerprint density at radius 1 is 1.20 bits per heavy atom. The predicted octanol–water partition coefficient (Wildman–Crippen LogP) is 3.02. The highest BCUT2D eigenvalue weighted by Crippen LogP contribution is 2.18. The molecule has 0 aliphatic carbocycles. The zero-order valence-electron chi connectivity index (χ0n) is 15.3. The second kappa shape index (κ2) is 6.55. The van der Waals surface area contributed by atoms with Crippen molar-refractivity contribution in [1.82, 2.24) is 19.6 Å². The van der Waals surface area contributed by atoms with Crippen LogP contribution in [0.25, 0.3) is 5.69 Å². The molecular weight excluding hydrogens is 314 g/mol. The van der Waals surface area contributed by atoms with Crippen molar-refractivity contribution in [2.75, 3.05) is 5.32 Å². The number of anilines is 1. The van der Waals surface area contributed by atoms with Gasteiger partial charge in [0.05, 0.1) is 35.9 Å². The molecule has 0 saturated heterocycles. The van der Waals surface area contributed by atoms with E-state index >= 15 is 0 Å². The number of rotatable bonds is 4. The van der Waals surface area contributed by atoms with E-state index in [9.17, 15) is 4.79 Å². The van der Waals surface area contributed by atoms with Crippen LogP contribution in [0.15, 0.2) is 30.6 Å². The highest BCUT2D eigenvalue weighted by molar-refractivity contribution is 5.92. The minimum atomic E-state index is -0.0700. The first-order chi connectivity index (χ1) is 11.8. The zero-order chi connectivity index (χ0) is 18.1. The summed E-state index contributed by atoms with van der Waals surface area (Å²) in [5, 5.41) is 11.6. The number of carbonyl (C=O) groups is 1. The van der Waals surface area contributed by atoms with Gasteiger partial charge in [0.25, 0.3) is 0 Å². The van der Waals surface area contributed by atoms with Gasteiger partial charge in [-0.25, -0.2) is 4.68 Å². The molecular formula is C19H23N5O. The number of nitrogens with one attached hydrogen (secondary N) is 1. The van der Waals surface area contributed by atoms with E-state index in [0.29, 0.717) is 12.1 Å². The molecule has 0 fully saturated rings. The fourth-order valence-electron chi connectivity index (χ4n) is 3.02. The number of hydrogen-bond acceptors (Lipinski definition) is 3. The van der Waals surface area contributed by atoms with Gasteiger partial charge in [-0.2, -0.15) is 10.2 Å². The molecule has 0 bridgehead atoms. The topological polar surface area (TPSA) is 64.7 Å². The van der Waals surface area contributed by atoms with Gasteiger partial charge in [0.2, 0.25) is 5.91 Å². The third-order valence-electron chi connectivity index (χ3n) is 4.46. The summed E-state index contributed by atoms with van der Waals surface area (Å²) in [5.41, 5.74) is 6.92. The summed E-state index contributed by atoms with van der Waals surface area (Å²) < 4.78 is 3.58. The molecule has 0 saturated carbocycles. The monoisotopic (exact) mass is 337 g/mol. The van der Waals surface area contributed by atoms with Crippen LogP contribution < -0.4 is 5.32 Å². The molecule has 6 nitrogen and oxygen atoms in total. The molecule has 6 heteroatoms. The zero-order valence-corrected chi connectivity index (χ0v) is 15.3. The lowest BCUT2D eigenvalue weighted by Gasteiger charge is -2.06. The summed E-state index contributed by atoms with van der Waals surface area (Å²) in [6, 6.07) is 6.20. The van der Waals surface area contributed by atoms with Crippen molar-refractivity contribution in [3.05, 3.63) is 58.7 Å². The van der Waals surface area contributed by atoms with E-state index in [-0.39, 0.29) is 5.91 Å². The Kier molecular flexibility index (Phi) is 4.44. The quantitative estimate of drug-likeness (QED) is 0.796. The van der Waals surface area contributed by atoms with Crippen molar-refractivity contribution >= 4 is 11.6 Å². The largest absolute Gasteiger partial charge is 0.323 e. The molecule has 0 unspecified atom stereocenters. The number of benzene rings is 1. The Hall–Kier alpha value is -2.89. The molecule has 1 aromatic carbocycles. The molecule has 0 radical (unpaired) electrons. The van der Waals surface area contributed by atoms with Crippen molar-refractivity contribution in [3.8, 4) is 5.69 Å². The lowest BCUT2D eigenvalue weighted by molar-refractivity contribution is -0.115. The number of nitrogens with zero attached hydrogens (tertiary/aromatic N) is 4. The summed E-state index contributed by atoms with van der Waals surface area (Å²) in [6.45, 7) is 8.01. The fourth-order valence-corrected chi connectivity index (χ4v) is 3.02. The Morgan fingerprint density at radius 3 is 2.60 bits per heavy atom. The van der Waals surface area contributed by atoms with Gasteiger partial charge in [0.1, 0.15) is 0 Å². The maximum atomic E-state index is 12.4. The van der Waals surface area contributed by atoms with Crippen LogP contribution in [-0.4, -0.2) is 25.5 Å². The number of carbonyl (C=O) groups excluding carboxylic acids is 1. The van der Waals surface area contributed by atoms with Gasteiger partial charge < -0.3 is 5.32 Å². The van der Waals surface area contributed by atoms with Gasteiger partial charge in [0, 0.05) is 18.3 Å². The van der Waals surface area contributed by atoms with Crippen LogP contribution in [0.5, 0.6) is 0 Å². The summed E-state index contributed by atoms with van der Waals surface area (Å²) in [5.74, 6) is -0.0700. The Morgan fingerprint density at radius 2 is 1.96 bits per heavy atom. The highest BCUT2D eigenvalue weighted by atomic mass is 16.1. The third kappa shape index (κ3) is 3.47. The standard InChI is InChI=1S/C19H23N5O/c1-12-6-7-18(13(2)8-12)24-11-16(10-20-24)21-19(25)9-17-14(3)22-23(5)15(17)4/h6-8,10-11H,9H2,1-5H3,(H,21,25). The molecule has 25 heavy (non-hydrogen) atoms. The minimum absolute atomic E-state index is 0.0700. The maximum absolute atomic E-state index is 12.4. The molecule has 2 heterocycles. The predicted molar refractivity (Wildman–Crippen MR) is 98.1 cm³/mol. The van der Waals surface area contributed by atoms with Gasteiger partial charge in [-0.15, -0.1) is 0 Å². The van der Waals surface area contributed by atoms with Crippen molar-refractivity contribution in [3.63, 3.8) is 0 Å². The van der Waals surface area contributed by atoms with E-state index in [2.05, 4.69) is 41.5 Å². The molecule has 0 spiro atoms. The van der Waals surface area contributed by atoms with Crippen molar-refractivity contribution in [2.24, 2.45) is 7.05 Å². The first kappa shape index (κ1) is 17.0. The van der Waals surface area contributed by atoms with Crippen LogP contribution in [-0.2, 0) is 18.3 Å². The second-order valence-electron chi connectivity index (χ2n) is 6.46. The molecule has 3 rings (SSSR count). The van der Waals surface area contributed by atoms with Crippen LogP contribution in [0.4, 0.5) is 5.69 Å². The fraction of sp³-hybridized carbons (Fsp3) is 0.316. The first-order valence-corrected chi connectivity index (χ1v) is 8.26. The number of aromatic nitrogens is 4. The van der Waals surface area contributed by atoms with Crippen LogP contribution in [0.1, 0.15) is 28.1 Å². The number of aryl methyl sites for hydroxylation is 4. The second-order valence-corrected chi connectivity index (χ2v) is 6.46. The first-order valence-electron chi connectivity index (χ1n) is 8.26. The molecule has 0 aliphatic heterocycles. The van der Waals surface area contributed by atoms with Crippen LogP contribution >= 0.6 is 0 Å². The lowest BCUT2D eigenvalue weighted by atomic mass is 10.1. The third-order valence-corrected chi connectivity index (χ3v) is 4.46. The van der Waals surface area contributed by atoms with E-state index < -0.39 is 0 Å². The minimum Gasteiger partial charge on any atom is -0.323 e. The van der Waals surface area contributed by atoms with Gasteiger partial charge in [-0.05, 0) is 39.3 Å². The summed E-state index contributed by atoms with van der Waals surface area (Å²) in [4.78, 5) is 12.4. The van der Waals surface area contributed by atoms with Gasteiger partial charge in [0.15, 0.2) is 0 Å². The summed E-state index contributed by atoms with van der Waals surface area (Å²) in [6.07, 6.45) is 3.80. The van der Waals surface area contributed by atoms with Crippen molar-refractivity contribution < 1.29 is 4.79 Å². The van der Waals surface area contributed by atoms with Crippen LogP contribution in [0.3, 0.4) is 0 Å². The van der Waals surface area contributed by atoms with Crippen molar-refractivity contribution in [1.29, 1.82) is 0 Å². The summed E-state index contributed by atoms with van der Waals surface area (Å²) >= 11 is 0. The van der Waals surface area contributed by atoms with E-state index in [1.807, 2.05) is 33.2 Å². The van der Waals surface area contributed by atoms with Crippen molar-refractivity contribution in [2.45, 2.75) is 34.1 Å². The smallest absolute Gasteiger partial charge is 0.229 e. The van der Waals surface area contributed by atoms with E-state index in [0.717, 1.165) is 28.2 Å². The molecule has 130 valence electrons. The summed E-state index contributed by atoms with van der Waals surface area (Å²) in [7, 11) is 1.89. The maximum Gasteiger partial charge on any atom is 0.229 e. The van der Waals surface area contributed by atoms with E-state index in [4.69, 9.17) is 0 Å². The van der Waals surface area contributed by atoms with E-state index in [1.54, 1.807) is 15.6 Å². The average Bonchev–Trinajstić information content (AvgIpc) is 3.08. The van der Waals surface area contributed by atoms with Gasteiger partial charge >= 0.3 is 0 Å². The average molecular weight is 337 g/mol. The molecule has 0 aliphatic rings. The molecule has 0 atom stereocenters. The molecule has 2 aromatic heterocycles.